The van der Waals surface area contributed by atoms with Crippen molar-refractivity contribution in [2.45, 2.75) is 39.2 Å². The van der Waals surface area contributed by atoms with E-state index in [1.165, 1.54) is 0 Å². The molecule has 1 N–H and O–H groups in total. The lowest BCUT2D eigenvalue weighted by molar-refractivity contribution is -0.139. The second kappa shape index (κ2) is 8.99. The molecule has 6 nitrogen and oxygen atoms in total. The van der Waals surface area contributed by atoms with Crippen molar-refractivity contribution in [2.24, 2.45) is 0 Å². The van der Waals surface area contributed by atoms with Crippen LogP contribution >= 0.6 is 0 Å². The molecule has 0 spiro atoms. The van der Waals surface area contributed by atoms with Gasteiger partial charge in [-0.15, -0.1) is 0 Å². The highest BCUT2D eigenvalue weighted by Gasteiger charge is 2.30. The Morgan fingerprint density at radius 3 is 2.52 bits per heavy atom. The van der Waals surface area contributed by atoms with Crippen LogP contribution in [-0.4, -0.2) is 48.2 Å². The van der Waals surface area contributed by atoms with Gasteiger partial charge in [-0.2, -0.15) is 0 Å². The normalized spacial score (nSPS) is 16.0. The zero-order valence-electron chi connectivity index (χ0n) is 17.1. The molecule has 3 rings (SSSR count). The Kier molecular flexibility index (Phi) is 6.42. The molecule has 0 bridgehead atoms. The summed E-state index contributed by atoms with van der Waals surface area (Å²) in [4.78, 5) is 26.0. The number of hydrogen-bond donors (Lipinski definition) is 1. The van der Waals surface area contributed by atoms with Crippen LogP contribution in [0.4, 0.5) is 0 Å². The van der Waals surface area contributed by atoms with Crippen LogP contribution in [-0.2, 0) is 11.2 Å². The van der Waals surface area contributed by atoms with Crippen LogP contribution in [0.5, 0.6) is 11.5 Å². The van der Waals surface area contributed by atoms with Crippen molar-refractivity contribution in [3.63, 3.8) is 0 Å². The smallest absolute Gasteiger partial charge is 0.341 e. The molecule has 1 amide bonds. The number of amides is 1. The summed E-state index contributed by atoms with van der Waals surface area (Å²) in [5, 5.41) is 8.84. The molecule has 1 aliphatic rings. The molecule has 1 heterocycles. The lowest BCUT2D eigenvalue weighted by atomic mass is 10.0. The number of nitrogens with zero attached hydrogens (tertiary/aromatic N) is 1. The molecule has 6 heteroatoms. The van der Waals surface area contributed by atoms with E-state index >= 15 is 0 Å². The molecule has 154 valence electrons. The molecule has 1 fully saturated rings. The Balaban J connectivity index is 1.79. The van der Waals surface area contributed by atoms with E-state index in [1.807, 2.05) is 43.0 Å². The summed E-state index contributed by atoms with van der Waals surface area (Å²) in [7, 11) is 1.66. The van der Waals surface area contributed by atoms with E-state index in [1.54, 1.807) is 19.2 Å². The number of carboxylic acid groups (broad SMARTS) is 1. The number of carboxylic acids is 1. The number of hydrogen-bond acceptors (Lipinski definition) is 4. The Morgan fingerprint density at radius 2 is 1.86 bits per heavy atom. The van der Waals surface area contributed by atoms with Gasteiger partial charge in [0, 0.05) is 18.2 Å². The zero-order valence-corrected chi connectivity index (χ0v) is 17.1. The minimum absolute atomic E-state index is 0.00150. The Hall–Kier alpha value is -3.02. The van der Waals surface area contributed by atoms with Crippen LogP contribution in [0.1, 0.15) is 39.9 Å². The summed E-state index contributed by atoms with van der Waals surface area (Å²) >= 11 is 0. The van der Waals surface area contributed by atoms with Crippen molar-refractivity contribution < 1.29 is 24.2 Å². The van der Waals surface area contributed by atoms with Gasteiger partial charge in [-0.05, 0) is 68.0 Å². The molecule has 1 saturated heterocycles. The predicted octanol–water partition coefficient (Wildman–Crippen LogP) is 3.62. The van der Waals surface area contributed by atoms with Crippen molar-refractivity contribution in [1.29, 1.82) is 0 Å². The van der Waals surface area contributed by atoms with E-state index in [0.717, 1.165) is 48.2 Å². The van der Waals surface area contributed by atoms with Gasteiger partial charge in [0.2, 0.25) is 0 Å². The molecule has 29 heavy (non-hydrogen) atoms. The lowest BCUT2D eigenvalue weighted by Crippen LogP contribution is -2.37. The number of benzene rings is 2. The average Bonchev–Trinajstić information content (AvgIpc) is 3.15. The van der Waals surface area contributed by atoms with Gasteiger partial charge in [0.15, 0.2) is 6.61 Å². The van der Waals surface area contributed by atoms with Crippen molar-refractivity contribution in [2.75, 3.05) is 20.3 Å². The first-order valence-electron chi connectivity index (χ1n) is 9.79. The third-order valence-corrected chi connectivity index (χ3v) is 5.33. The zero-order chi connectivity index (χ0) is 21.0. The van der Waals surface area contributed by atoms with Gasteiger partial charge < -0.3 is 19.5 Å². The van der Waals surface area contributed by atoms with Crippen LogP contribution in [0.15, 0.2) is 36.4 Å². The number of para-hydroxylation sites is 1. The number of methoxy groups -OCH3 is 1. The molecule has 0 saturated carbocycles. The highest BCUT2D eigenvalue weighted by molar-refractivity contribution is 5.95. The number of carbonyl (C=O) groups excluding carboxylic acids is 1. The summed E-state index contributed by atoms with van der Waals surface area (Å²) in [6.07, 6.45) is 2.69. The molecule has 0 radical (unpaired) electrons. The van der Waals surface area contributed by atoms with E-state index < -0.39 is 12.6 Å². The quantitative estimate of drug-likeness (QED) is 0.772. The summed E-state index contributed by atoms with van der Waals surface area (Å²) < 4.78 is 10.8. The summed E-state index contributed by atoms with van der Waals surface area (Å²) in [6, 6.07) is 11.6. The highest BCUT2D eigenvalue weighted by Crippen LogP contribution is 2.30. The number of ether oxygens (including phenoxy) is 2. The third kappa shape index (κ3) is 4.70. The average molecular weight is 397 g/mol. The molecule has 1 unspecified atom stereocenters. The molecular formula is C23H27NO5. The first-order valence-corrected chi connectivity index (χ1v) is 9.79. The molecule has 2 aromatic carbocycles. The van der Waals surface area contributed by atoms with Gasteiger partial charge in [0.1, 0.15) is 11.5 Å². The van der Waals surface area contributed by atoms with Crippen LogP contribution in [0.3, 0.4) is 0 Å². The van der Waals surface area contributed by atoms with Crippen LogP contribution in [0, 0.1) is 13.8 Å². The van der Waals surface area contributed by atoms with Crippen LogP contribution in [0.2, 0.25) is 0 Å². The van der Waals surface area contributed by atoms with Gasteiger partial charge in [-0.1, -0.05) is 18.2 Å². The first kappa shape index (κ1) is 20.7. The maximum Gasteiger partial charge on any atom is 0.341 e. The summed E-state index contributed by atoms with van der Waals surface area (Å²) in [6.45, 7) is 3.99. The SMILES string of the molecule is COc1ccccc1CC1CCCN1C(=O)c1cc(C)c(OCC(=O)O)c(C)c1. The van der Waals surface area contributed by atoms with Crippen LogP contribution in [0.25, 0.3) is 0 Å². The number of aliphatic carboxylic acids is 1. The van der Waals surface area contributed by atoms with Gasteiger partial charge in [0.05, 0.1) is 7.11 Å². The molecule has 2 aromatic rings. The standard InChI is InChI=1S/C23H27NO5/c1-15-11-18(12-16(2)22(15)29-14-21(25)26)23(27)24-10-6-8-19(24)13-17-7-4-5-9-20(17)28-3/h4-5,7,9,11-12,19H,6,8,10,13-14H2,1-3H3,(H,25,26). The maximum absolute atomic E-state index is 13.2. The van der Waals surface area contributed by atoms with Crippen LogP contribution < -0.4 is 9.47 Å². The second-order valence-corrected chi connectivity index (χ2v) is 7.43. The second-order valence-electron chi connectivity index (χ2n) is 7.43. The Morgan fingerprint density at radius 1 is 1.17 bits per heavy atom. The van der Waals surface area contributed by atoms with Gasteiger partial charge in [-0.3, -0.25) is 4.79 Å². The van der Waals surface area contributed by atoms with Crippen molar-refractivity contribution in [3.05, 3.63) is 58.7 Å². The molecular weight excluding hydrogens is 370 g/mol. The van der Waals surface area contributed by atoms with Gasteiger partial charge in [-0.25, -0.2) is 4.79 Å². The van der Waals surface area contributed by atoms with E-state index in [-0.39, 0.29) is 11.9 Å². The van der Waals surface area contributed by atoms with Gasteiger partial charge >= 0.3 is 5.97 Å². The first-order chi connectivity index (χ1) is 13.9. The number of aryl methyl sites for hydroxylation is 2. The summed E-state index contributed by atoms with van der Waals surface area (Å²) in [5.74, 6) is 0.341. The summed E-state index contributed by atoms with van der Waals surface area (Å²) in [5.41, 5.74) is 3.23. The van der Waals surface area contributed by atoms with Crippen molar-refractivity contribution in [3.8, 4) is 11.5 Å². The lowest BCUT2D eigenvalue weighted by Gasteiger charge is -2.26. The molecule has 1 aliphatic heterocycles. The van der Waals surface area contributed by atoms with E-state index in [9.17, 15) is 9.59 Å². The fourth-order valence-corrected chi connectivity index (χ4v) is 4.04. The fraction of sp³-hybridized carbons (Fsp3) is 0.391. The Bertz CT molecular complexity index is 885. The maximum atomic E-state index is 13.2. The number of rotatable bonds is 7. The molecule has 0 aliphatic carbocycles. The highest BCUT2D eigenvalue weighted by atomic mass is 16.5. The number of likely N-dealkylation sites (tertiary alicyclic amines) is 1. The predicted molar refractivity (Wildman–Crippen MR) is 110 cm³/mol. The number of carbonyl (C=O) groups is 2. The van der Waals surface area contributed by atoms with E-state index in [4.69, 9.17) is 14.6 Å². The van der Waals surface area contributed by atoms with Crippen molar-refractivity contribution in [1.82, 2.24) is 4.90 Å². The molecule has 0 aromatic heterocycles. The van der Waals surface area contributed by atoms with Gasteiger partial charge in [0.25, 0.3) is 5.91 Å². The van der Waals surface area contributed by atoms with E-state index in [2.05, 4.69) is 0 Å². The topological polar surface area (TPSA) is 76.1 Å². The van der Waals surface area contributed by atoms with E-state index in [0.29, 0.717) is 11.3 Å². The minimum atomic E-state index is -1.03. The largest absolute Gasteiger partial charge is 0.496 e. The Labute approximate surface area is 171 Å². The molecule has 1 atom stereocenters. The third-order valence-electron chi connectivity index (χ3n) is 5.33. The minimum Gasteiger partial charge on any atom is -0.496 e. The fourth-order valence-electron chi connectivity index (χ4n) is 4.04. The van der Waals surface area contributed by atoms with Crippen molar-refractivity contribution >= 4 is 11.9 Å². The monoisotopic (exact) mass is 397 g/mol.